The van der Waals surface area contributed by atoms with Gasteiger partial charge in [-0.15, -0.1) is 0 Å². The number of hydrogen-bond acceptors (Lipinski definition) is 5. The Balaban J connectivity index is 2.56. The number of methoxy groups -OCH3 is 2. The van der Waals surface area contributed by atoms with Crippen LogP contribution in [0, 0.1) is 5.82 Å². The van der Waals surface area contributed by atoms with Crippen molar-refractivity contribution in [3.05, 3.63) is 42.2 Å². The first kappa shape index (κ1) is 18.8. The third kappa shape index (κ3) is 3.95. The predicted molar refractivity (Wildman–Crippen MR) is 80.5 cm³/mol. The van der Waals surface area contributed by atoms with E-state index in [9.17, 15) is 26.0 Å². The van der Waals surface area contributed by atoms with Crippen molar-refractivity contribution in [2.45, 2.75) is 5.51 Å². The van der Waals surface area contributed by atoms with E-state index in [0.29, 0.717) is 11.1 Å². The fraction of sp³-hybridized carbons (Fsp3) is 0.200. The number of halogens is 4. The van der Waals surface area contributed by atoms with Crippen LogP contribution in [0.4, 0.5) is 17.6 Å². The Morgan fingerprint density at radius 1 is 0.880 bits per heavy atom. The molecule has 0 saturated carbocycles. The summed E-state index contributed by atoms with van der Waals surface area (Å²) in [6.45, 7) is 0. The molecule has 0 bridgehead atoms. The quantitative estimate of drug-likeness (QED) is 0.449. The molecule has 0 radical (unpaired) electrons. The lowest BCUT2D eigenvalue weighted by atomic mass is 10.0. The molecule has 0 atom stereocenters. The fourth-order valence-electron chi connectivity index (χ4n) is 1.96. The number of alkyl halides is 3. The van der Waals surface area contributed by atoms with E-state index in [1.54, 1.807) is 0 Å². The van der Waals surface area contributed by atoms with Crippen molar-refractivity contribution in [1.29, 1.82) is 0 Å². The molecule has 136 valence electrons. The molecule has 0 N–H and O–H groups in total. The van der Waals surface area contributed by atoms with E-state index >= 15 is 0 Å². The van der Waals surface area contributed by atoms with Crippen LogP contribution in [0.2, 0.25) is 0 Å². The van der Waals surface area contributed by atoms with Crippen molar-refractivity contribution in [2.75, 3.05) is 14.2 Å². The molecule has 0 aromatic heterocycles. The van der Waals surface area contributed by atoms with Crippen LogP contribution in [0.1, 0.15) is 0 Å². The van der Waals surface area contributed by atoms with Crippen LogP contribution in [0.25, 0.3) is 11.1 Å². The Bertz CT molecular complexity index is 861. The topological polar surface area (TPSA) is 61.8 Å². The normalized spacial score (nSPS) is 11.9. The zero-order chi connectivity index (χ0) is 18.8. The summed E-state index contributed by atoms with van der Waals surface area (Å²) in [4.78, 5) is 0. The summed E-state index contributed by atoms with van der Waals surface area (Å²) in [5.41, 5.74) is -4.78. The first-order chi connectivity index (χ1) is 11.6. The Labute approximate surface area is 140 Å². The highest BCUT2D eigenvalue weighted by Gasteiger charge is 2.49. The lowest BCUT2D eigenvalue weighted by Gasteiger charge is -2.16. The lowest BCUT2D eigenvalue weighted by Crippen LogP contribution is -2.28. The maximum absolute atomic E-state index is 13.0. The van der Waals surface area contributed by atoms with Gasteiger partial charge in [0.05, 0.1) is 14.2 Å². The summed E-state index contributed by atoms with van der Waals surface area (Å²) in [7, 11) is -3.52. The van der Waals surface area contributed by atoms with Crippen molar-refractivity contribution >= 4 is 10.1 Å². The van der Waals surface area contributed by atoms with Gasteiger partial charge in [-0.25, -0.2) is 4.39 Å². The molecule has 25 heavy (non-hydrogen) atoms. The van der Waals surface area contributed by atoms with Crippen LogP contribution in [0.3, 0.4) is 0 Å². The molecule has 0 aliphatic rings. The lowest BCUT2D eigenvalue weighted by molar-refractivity contribution is -0.0500. The minimum absolute atomic E-state index is 0.0137. The molecule has 0 aliphatic heterocycles. The van der Waals surface area contributed by atoms with Crippen LogP contribution >= 0.6 is 0 Å². The summed E-state index contributed by atoms with van der Waals surface area (Å²) < 4.78 is 87.0. The molecule has 0 aliphatic carbocycles. The van der Waals surface area contributed by atoms with Gasteiger partial charge in [0.25, 0.3) is 0 Å². The molecule has 0 unspecified atom stereocenters. The van der Waals surface area contributed by atoms with E-state index in [4.69, 9.17) is 9.47 Å². The van der Waals surface area contributed by atoms with Crippen molar-refractivity contribution < 1.29 is 39.6 Å². The van der Waals surface area contributed by atoms with Gasteiger partial charge in [0.2, 0.25) is 0 Å². The molecular weight excluding hydrogens is 368 g/mol. The van der Waals surface area contributed by atoms with Crippen molar-refractivity contribution in [3.8, 4) is 28.4 Å². The first-order valence-electron chi connectivity index (χ1n) is 6.61. The number of ether oxygens (including phenoxy) is 2. The molecule has 2 rings (SSSR count). The second-order valence-corrected chi connectivity index (χ2v) is 6.23. The Hall–Kier alpha value is -2.49. The first-order valence-corrected chi connectivity index (χ1v) is 8.02. The maximum Gasteiger partial charge on any atom is 0.534 e. The zero-order valence-corrected chi connectivity index (χ0v) is 13.7. The SMILES string of the molecule is COc1cc(-c2ccc(F)cc2)c(OC)cc1OS(=O)(=O)C(F)(F)F. The molecule has 0 fully saturated rings. The minimum atomic E-state index is -5.88. The highest BCUT2D eigenvalue weighted by atomic mass is 32.2. The molecule has 0 saturated heterocycles. The van der Waals surface area contributed by atoms with Crippen LogP contribution in [-0.4, -0.2) is 28.1 Å². The van der Waals surface area contributed by atoms with Gasteiger partial charge < -0.3 is 13.7 Å². The highest BCUT2D eigenvalue weighted by molar-refractivity contribution is 7.88. The van der Waals surface area contributed by atoms with Crippen molar-refractivity contribution in [3.63, 3.8) is 0 Å². The molecule has 0 spiro atoms. The Morgan fingerprint density at radius 2 is 1.44 bits per heavy atom. The fourth-order valence-corrected chi connectivity index (χ4v) is 2.42. The summed E-state index contributed by atoms with van der Waals surface area (Å²) in [6, 6.07) is 7.37. The molecular formula is C15H12F4O5S. The van der Waals surface area contributed by atoms with E-state index in [0.717, 1.165) is 13.2 Å². The third-order valence-electron chi connectivity index (χ3n) is 3.12. The average Bonchev–Trinajstić information content (AvgIpc) is 2.54. The largest absolute Gasteiger partial charge is 0.534 e. The minimum Gasteiger partial charge on any atom is -0.496 e. The molecule has 0 amide bonds. The summed E-state index contributed by atoms with van der Waals surface area (Å²) in [5.74, 6) is -1.43. The second kappa shape index (κ2) is 6.79. The smallest absolute Gasteiger partial charge is 0.496 e. The highest BCUT2D eigenvalue weighted by Crippen LogP contribution is 2.42. The number of benzene rings is 2. The summed E-state index contributed by atoms with van der Waals surface area (Å²) in [6.07, 6.45) is 0. The van der Waals surface area contributed by atoms with E-state index in [1.165, 1.54) is 37.4 Å². The van der Waals surface area contributed by atoms with Gasteiger partial charge in [0, 0.05) is 11.6 Å². The van der Waals surface area contributed by atoms with Gasteiger partial charge in [0.15, 0.2) is 11.5 Å². The van der Waals surface area contributed by atoms with E-state index < -0.39 is 27.2 Å². The molecule has 5 nitrogen and oxygen atoms in total. The van der Waals surface area contributed by atoms with Gasteiger partial charge in [-0.05, 0) is 23.8 Å². The predicted octanol–water partition coefficient (Wildman–Crippen LogP) is 3.74. The van der Waals surface area contributed by atoms with E-state index in [2.05, 4.69) is 4.18 Å². The molecule has 10 heteroatoms. The van der Waals surface area contributed by atoms with Gasteiger partial charge in [-0.2, -0.15) is 21.6 Å². The summed E-state index contributed by atoms with van der Waals surface area (Å²) >= 11 is 0. The van der Waals surface area contributed by atoms with Crippen LogP contribution in [0.15, 0.2) is 36.4 Å². The zero-order valence-electron chi connectivity index (χ0n) is 12.9. The third-order valence-corrected chi connectivity index (χ3v) is 4.09. The maximum atomic E-state index is 13.0. The monoisotopic (exact) mass is 380 g/mol. The Kier molecular flexibility index (Phi) is 5.12. The van der Waals surface area contributed by atoms with Gasteiger partial charge >= 0.3 is 15.6 Å². The summed E-state index contributed by atoms with van der Waals surface area (Å²) in [5, 5.41) is 0. The van der Waals surface area contributed by atoms with E-state index in [-0.39, 0.29) is 11.5 Å². The second-order valence-electron chi connectivity index (χ2n) is 4.69. The van der Waals surface area contributed by atoms with Gasteiger partial charge in [-0.3, -0.25) is 0 Å². The van der Waals surface area contributed by atoms with Gasteiger partial charge in [-0.1, -0.05) is 12.1 Å². The number of hydrogen-bond donors (Lipinski definition) is 0. The van der Waals surface area contributed by atoms with E-state index in [1.807, 2.05) is 0 Å². The van der Waals surface area contributed by atoms with Crippen molar-refractivity contribution in [2.24, 2.45) is 0 Å². The van der Waals surface area contributed by atoms with Crippen LogP contribution in [-0.2, 0) is 10.1 Å². The van der Waals surface area contributed by atoms with Gasteiger partial charge in [0.1, 0.15) is 11.6 Å². The van der Waals surface area contributed by atoms with Crippen molar-refractivity contribution in [1.82, 2.24) is 0 Å². The standard InChI is InChI=1S/C15H12F4O5S/c1-22-12-8-14(24-25(20,21)15(17,18)19)13(23-2)7-11(12)9-3-5-10(16)6-4-9/h3-8H,1-2H3. The molecule has 0 heterocycles. The van der Waals surface area contributed by atoms with Crippen LogP contribution in [0.5, 0.6) is 17.2 Å². The molecule has 2 aromatic rings. The Morgan fingerprint density at radius 3 is 1.92 bits per heavy atom. The molecule has 2 aromatic carbocycles. The average molecular weight is 380 g/mol. The van der Waals surface area contributed by atoms with Crippen LogP contribution < -0.4 is 13.7 Å². The number of rotatable bonds is 5.